The molecule has 1 aliphatic heterocycles. The van der Waals surface area contributed by atoms with Crippen LogP contribution in [0.25, 0.3) is 11.3 Å². The zero-order valence-corrected chi connectivity index (χ0v) is 20.5. The number of anilines is 1. The van der Waals surface area contributed by atoms with Gasteiger partial charge in [0.25, 0.3) is 5.91 Å². The number of furan rings is 1. The van der Waals surface area contributed by atoms with Crippen LogP contribution in [-0.4, -0.2) is 16.8 Å². The van der Waals surface area contributed by atoms with Crippen LogP contribution >= 0.6 is 11.8 Å². The van der Waals surface area contributed by atoms with Crippen molar-refractivity contribution in [3.05, 3.63) is 76.8 Å². The molecule has 174 valence electrons. The predicted molar refractivity (Wildman–Crippen MR) is 135 cm³/mol. The Morgan fingerprint density at radius 2 is 1.85 bits per heavy atom. The van der Waals surface area contributed by atoms with Gasteiger partial charge in [0.15, 0.2) is 5.17 Å². The molecule has 2 aromatic carbocycles. The minimum Gasteiger partial charge on any atom is -0.461 e. The van der Waals surface area contributed by atoms with Gasteiger partial charge in [0.2, 0.25) is 0 Å². The maximum Gasteiger partial charge on any atom is 0.259 e. The second-order valence-corrected chi connectivity index (χ2v) is 9.03. The lowest BCUT2D eigenvalue weighted by molar-refractivity contribution is 0.102. The molecule has 3 aromatic rings. The lowest BCUT2D eigenvalue weighted by Gasteiger charge is -2.30. The Morgan fingerprint density at radius 3 is 2.52 bits per heavy atom. The second-order valence-electron chi connectivity index (χ2n) is 7.92. The molecular formula is C26H30FN3O2S. The van der Waals surface area contributed by atoms with E-state index in [2.05, 4.69) is 10.3 Å². The fraction of sp³-hybridized carbons (Fsp3) is 0.308. The van der Waals surface area contributed by atoms with E-state index in [1.165, 1.54) is 17.8 Å². The minimum atomic E-state index is -0.760. The van der Waals surface area contributed by atoms with Crippen LogP contribution in [0.15, 0.2) is 57.9 Å². The van der Waals surface area contributed by atoms with Crippen molar-refractivity contribution in [2.24, 2.45) is 10.7 Å². The quantitative estimate of drug-likeness (QED) is 0.450. The molecule has 33 heavy (non-hydrogen) atoms. The average Bonchev–Trinajstić information content (AvgIpc) is 3.18. The maximum absolute atomic E-state index is 14.6. The molecule has 5 nitrogen and oxygen atoms in total. The molecule has 0 spiro atoms. The van der Waals surface area contributed by atoms with Gasteiger partial charge in [0.05, 0.1) is 11.1 Å². The molecule has 1 aliphatic rings. The van der Waals surface area contributed by atoms with Crippen LogP contribution in [-0.2, 0) is 5.54 Å². The van der Waals surface area contributed by atoms with Crippen LogP contribution < -0.4 is 11.1 Å². The zero-order chi connectivity index (χ0) is 24.2. The predicted octanol–water partition coefficient (Wildman–Crippen LogP) is 6.65. The first-order valence-corrected chi connectivity index (χ1v) is 12.0. The lowest BCUT2D eigenvalue weighted by atomic mass is 9.89. The van der Waals surface area contributed by atoms with Crippen LogP contribution in [0, 0.1) is 19.7 Å². The molecule has 1 aromatic heterocycles. The van der Waals surface area contributed by atoms with E-state index < -0.39 is 5.54 Å². The highest BCUT2D eigenvalue weighted by atomic mass is 32.2. The van der Waals surface area contributed by atoms with Gasteiger partial charge in [-0.05, 0) is 51.5 Å². The SMILES string of the molecule is CC.Cc1ccc(-c2cc(C(=O)Nc3ccc(F)c(C4(C)CCSC(N)=N4)c3)c(C)o2)cc1. The highest BCUT2D eigenvalue weighted by molar-refractivity contribution is 8.13. The summed E-state index contributed by atoms with van der Waals surface area (Å²) in [6, 6.07) is 14.2. The van der Waals surface area contributed by atoms with E-state index in [4.69, 9.17) is 10.2 Å². The number of rotatable bonds is 4. The van der Waals surface area contributed by atoms with E-state index >= 15 is 0 Å². The van der Waals surface area contributed by atoms with Gasteiger partial charge in [0.1, 0.15) is 17.3 Å². The van der Waals surface area contributed by atoms with Crippen molar-refractivity contribution in [3.8, 4) is 11.3 Å². The third-order valence-electron chi connectivity index (χ3n) is 5.50. The van der Waals surface area contributed by atoms with Gasteiger partial charge in [0, 0.05) is 22.6 Å². The largest absolute Gasteiger partial charge is 0.461 e. The molecule has 2 heterocycles. The smallest absolute Gasteiger partial charge is 0.259 e. The molecule has 0 aliphatic carbocycles. The van der Waals surface area contributed by atoms with E-state index in [9.17, 15) is 9.18 Å². The molecular weight excluding hydrogens is 437 g/mol. The number of amides is 1. The summed E-state index contributed by atoms with van der Waals surface area (Å²) in [6.45, 7) is 9.62. The molecule has 3 N–H and O–H groups in total. The number of carbonyl (C=O) groups is 1. The fourth-order valence-electron chi connectivity index (χ4n) is 3.66. The van der Waals surface area contributed by atoms with Crippen LogP contribution in [0.4, 0.5) is 10.1 Å². The van der Waals surface area contributed by atoms with Gasteiger partial charge in [-0.15, -0.1) is 0 Å². The highest BCUT2D eigenvalue weighted by Crippen LogP contribution is 2.37. The van der Waals surface area contributed by atoms with Crippen molar-refractivity contribution in [1.29, 1.82) is 0 Å². The summed E-state index contributed by atoms with van der Waals surface area (Å²) in [5.74, 6) is 1.22. The Morgan fingerprint density at radius 1 is 1.15 bits per heavy atom. The second kappa shape index (κ2) is 10.3. The minimum absolute atomic E-state index is 0.315. The molecule has 1 atom stereocenters. The number of amidine groups is 1. The van der Waals surface area contributed by atoms with Crippen LogP contribution in [0.1, 0.15) is 54.4 Å². The number of nitrogens with zero attached hydrogens (tertiary/aromatic N) is 1. The summed E-state index contributed by atoms with van der Waals surface area (Å²) >= 11 is 1.46. The summed E-state index contributed by atoms with van der Waals surface area (Å²) in [4.78, 5) is 17.4. The Balaban J connectivity index is 0.00000149. The number of halogens is 1. The molecule has 4 rings (SSSR count). The zero-order valence-electron chi connectivity index (χ0n) is 19.7. The number of nitrogens with two attached hydrogens (primary N) is 1. The van der Waals surface area contributed by atoms with Crippen LogP contribution in [0.5, 0.6) is 0 Å². The molecule has 0 bridgehead atoms. The van der Waals surface area contributed by atoms with Gasteiger partial charge in [-0.1, -0.05) is 55.4 Å². The van der Waals surface area contributed by atoms with E-state index in [-0.39, 0.29) is 11.7 Å². The Hall–Kier alpha value is -3.06. The number of hydrogen-bond acceptors (Lipinski definition) is 5. The van der Waals surface area contributed by atoms with Crippen molar-refractivity contribution in [3.63, 3.8) is 0 Å². The van der Waals surface area contributed by atoms with Crippen molar-refractivity contribution in [2.45, 2.75) is 46.6 Å². The van der Waals surface area contributed by atoms with Crippen molar-refractivity contribution < 1.29 is 13.6 Å². The third-order valence-corrected chi connectivity index (χ3v) is 6.29. The van der Waals surface area contributed by atoms with E-state index in [1.807, 2.05) is 52.0 Å². The molecule has 1 amide bonds. The molecule has 1 unspecified atom stereocenters. The number of nitrogens with one attached hydrogen (secondary N) is 1. The normalized spacial score (nSPS) is 17.6. The number of aliphatic imine (C=N–C) groups is 1. The Labute approximate surface area is 198 Å². The monoisotopic (exact) mass is 467 g/mol. The van der Waals surface area contributed by atoms with E-state index in [0.29, 0.717) is 39.9 Å². The maximum atomic E-state index is 14.6. The standard InChI is InChI=1S/C24H24FN3O2S.C2H6/c1-14-4-6-16(7-5-14)21-13-18(15(2)30-21)22(29)27-17-8-9-20(25)19(12-17)24(3)10-11-31-23(26)28-24;1-2/h4-9,12-13H,10-11H2,1-3H3,(H2,26,28)(H,27,29);1-2H3. The third kappa shape index (κ3) is 5.47. The first-order chi connectivity index (χ1) is 15.7. The molecule has 0 fully saturated rings. The summed E-state index contributed by atoms with van der Waals surface area (Å²) < 4.78 is 20.4. The number of hydrogen-bond donors (Lipinski definition) is 2. The van der Waals surface area contributed by atoms with E-state index in [1.54, 1.807) is 25.1 Å². The van der Waals surface area contributed by atoms with E-state index in [0.717, 1.165) is 16.9 Å². The first-order valence-electron chi connectivity index (χ1n) is 11.0. The van der Waals surface area contributed by atoms with Crippen molar-refractivity contribution >= 4 is 28.5 Å². The number of carbonyl (C=O) groups excluding carboxylic acids is 1. The average molecular weight is 468 g/mol. The fourth-order valence-corrected chi connectivity index (χ4v) is 4.64. The van der Waals surface area contributed by atoms with Gasteiger partial charge < -0.3 is 15.5 Å². The molecule has 0 radical (unpaired) electrons. The highest BCUT2D eigenvalue weighted by Gasteiger charge is 2.32. The Bertz CT molecular complexity index is 1170. The topological polar surface area (TPSA) is 80.6 Å². The van der Waals surface area contributed by atoms with Gasteiger partial charge in [-0.3, -0.25) is 9.79 Å². The van der Waals surface area contributed by atoms with Gasteiger partial charge in [-0.2, -0.15) is 0 Å². The lowest BCUT2D eigenvalue weighted by Crippen LogP contribution is -2.29. The van der Waals surface area contributed by atoms with Crippen molar-refractivity contribution in [2.75, 3.05) is 11.1 Å². The van der Waals surface area contributed by atoms with Gasteiger partial charge >= 0.3 is 0 Å². The summed E-state index contributed by atoms with van der Waals surface area (Å²) in [5.41, 5.74) is 8.51. The molecule has 7 heteroatoms. The summed E-state index contributed by atoms with van der Waals surface area (Å²) in [5, 5.41) is 3.30. The van der Waals surface area contributed by atoms with Crippen LogP contribution in [0.3, 0.4) is 0 Å². The Kier molecular flexibility index (Phi) is 7.64. The number of aryl methyl sites for hydroxylation is 2. The van der Waals surface area contributed by atoms with Crippen LogP contribution in [0.2, 0.25) is 0 Å². The number of thioether (sulfide) groups is 1. The molecule has 0 saturated heterocycles. The molecule has 0 saturated carbocycles. The summed E-state index contributed by atoms with van der Waals surface area (Å²) in [7, 11) is 0. The number of benzene rings is 2. The van der Waals surface area contributed by atoms with Gasteiger partial charge in [-0.25, -0.2) is 4.39 Å². The summed E-state index contributed by atoms with van der Waals surface area (Å²) in [6.07, 6.45) is 0.660. The first kappa shape index (κ1) is 24.6. The van der Waals surface area contributed by atoms with Crippen molar-refractivity contribution in [1.82, 2.24) is 0 Å².